The summed E-state index contributed by atoms with van der Waals surface area (Å²) in [7, 11) is 0. The molecular formula is C11H12BrNO4. The first-order chi connectivity index (χ1) is 7.97. The summed E-state index contributed by atoms with van der Waals surface area (Å²) < 4.78 is 5.77. The van der Waals surface area contributed by atoms with E-state index in [0.717, 1.165) is 0 Å². The van der Waals surface area contributed by atoms with Crippen molar-refractivity contribution in [2.24, 2.45) is 0 Å². The van der Waals surface area contributed by atoms with Gasteiger partial charge in [0.25, 0.3) is 0 Å². The van der Waals surface area contributed by atoms with Crippen LogP contribution in [0.15, 0.2) is 29.3 Å². The molecule has 0 unspecified atom stereocenters. The summed E-state index contributed by atoms with van der Waals surface area (Å²) in [6, 6.07) is 2.93. The van der Waals surface area contributed by atoms with Crippen LogP contribution in [0.1, 0.15) is 18.6 Å². The molecule has 0 amide bonds. The minimum Gasteiger partial charge on any atom is -0.482 e. The molecule has 1 rings (SSSR count). The first kappa shape index (κ1) is 13.7. The van der Waals surface area contributed by atoms with Crippen molar-refractivity contribution in [1.82, 2.24) is 0 Å². The van der Waals surface area contributed by atoms with E-state index in [2.05, 4.69) is 22.5 Å². The number of hydrogen-bond acceptors (Lipinski definition) is 4. The van der Waals surface area contributed by atoms with E-state index in [1.807, 2.05) is 0 Å². The van der Waals surface area contributed by atoms with Crippen LogP contribution in [0.25, 0.3) is 0 Å². The molecule has 92 valence electrons. The molecule has 1 aromatic rings. The minimum absolute atomic E-state index is 0.0769. The lowest BCUT2D eigenvalue weighted by molar-refractivity contribution is -0.386. The van der Waals surface area contributed by atoms with Crippen LogP contribution in [0, 0.1) is 10.1 Å². The maximum absolute atomic E-state index is 10.9. The number of nitrogens with zero attached hydrogens (tertiary/aromatic N) is 1. The van der Waals surface area contributed by atoms with E-state index in [-0.39, 0.29) is 18.0 Å². The van der Waals surface area contributed by atoms with E-state index >= 15 is 0 Å². The van der Waals surface area contributed by atoms with Gasteiger partial charge in [-0.25, -0.2) is 0 Å². The number of hydrogen-bond donors (Lipinski definition) is 1. The van der Waals surface area contributed by atoms with Gasteiger partial charge in [0.2, 0.25) is 5.75 Å². The normalized spacial score (nSPS) is 11.9. The Morgan fingerprint density at radius 2 is 2.35 bits per heavy atom. The average Bonchev–Trinajstić information content (AvgIpc) is 2.26. The Balaban J connectivity index is 3.35. The largest absolute Gasteiger partial charge is 0.482 e. The fourth-order valence-electron chi connectivity index (χ4n) is 1.35. The zero-order chi connectivity index (χ0) is 13.0. The minimum atomic E-state index is -0.856. The Bertz CT molecular complexity index is 445. The molecule has 0 aliphatic heterocycles. The van der Waals surface area contributed by atoms with E-state index in [9.17, 15) is 15.2 Å². The smallest absolute Gasteiger partial charge is 0.312 e. The highest BCUT2D eigenvalue weighted by Gasteiger charge is 2.22. The van der Waals surface area contributed by atoms with Gasteiger partial charge >= 0.3 is 5.69 Å². The van der Waals surface area contributed by atoms with E-state index < -0.39 is 11.0 Å². The molecule has 6 heteroatoms. The summed E-state index contributed by atoms with van der Waals surface area (Å²) in [5.74, 6) is 0.0769. The second-order valence-electron chi connectivity index (χ2n) is 3.38. The predicted octanol–water partition coefficient (Wildman–Crippen LogP) is 2.98. The number of aliphatic hydroxyl groups is 1. The molecule has 0 radical (unpaired) electrons. The molecule has 1 N–H and O–H groups in total. The SMILES string of the molecule is C=CCOc1c([C@@H](C)O)cc(Br)cc1[N+](=O)[O-]. The molecule has 1 aromatic carbocycles. The number of benzene rings is 1. The predicted molar refractivity (Wildman–Crippen MR) is 67.1 cm³/mol. The highest BCUT2D eigenvalue weighted by Crippen LogP contribution is 2.37. The van der Waals surface area contributed by atoms with Crippen molar-refractivity contribution in [2.75, 3.05) is 6.61 Å². The van der Waals surface area contributed by atoms with E-state index in [0.29, 0.717) is 10.0 Å². The maximum atomic E-state index is 10.9. The third-order valence-electron chi connectivity index (χ3n) is 2.06. The summed E-state index contributed by atoms with van der Waals surface area (Å²) in [4.78, 5) is 10.4. The zero-order valence-corrected chi connectivity index (χ0v) is 10.8. The second kappa shape index (κ2) is 5.79. The molecule has 1 atom stereocenters. The van der Waals surface area contributed by atoms with Crippen molar-refractivity contribution in [1.29, 1.82) is 0 Å². The monoisotopic (exact) mass is 301 g/mol. The van der Waals surface area contributed by atoms with Gasteiger partial charge in [-0.2, -0.15) is 0 Å². The number of halogens is 1. The van der Waals surface area contributed by atoms with Gasteiger partial charge in [0.15, 0.2) is 0 Å². The third kappa shape index (κ3) is 3.28. The quantitative estimate of drug-likeness (QED) is 0.515. The average molecular weight is 302 g/mol. The van der Waals surface area contributed by atoms with Gasteiger partial charge in [-0.15, -0.1) is 0 Å². The van der Waals surface area contributed by atoms with Crippen molar-refractivity contribution in [3.63, 3.8) is 0 Å². The Morgan fingerprint density at radius 3 is 2.82 bits per heavy atom. The summed E-state index contributed by atoms with van der Waals surface area (Å²) in [5.41, 5.74) is 0.185. The van der Waals surface area contributed by atoms with Gasteiger partial charge in [0.05, 0.1) is 11.0 Å². The van der Waals surface area contributed by atoms with Crippen molar-refractivity contribution in [2.45, 2.75) is 13.0 Å². The lowest BCUT2D eigenvalue weighted by Gasteiger charge is -2.13. The van der Waals surface area contributed by atoms with E-state index in [1.54, 1.807) is 6.07 Å². The van der Waals surface area contributed by atoms with Crippen molar-refractivity contribution >= 4 is 21.6 Å². The van der Waals surface area contributed by atoms with Gasteiger partial charge in [0, 0.05) is 16.1 Å². The summed E-state index contributed by atoms with van der Waals surface area (Å²) in [5, 5.41) is 20.5. The van der Waals surface area contributed by atoms with Gasteiger partial charge in [-0.3, -0.25) is 10.1 Å². The molecular weight excluding hydrogens is 290 g/mol. The lowest BCUT2D eigenvalue weighted by Crippen LogP contribution is -2.04. The molecule has 0 saturated heterocycles. The van der Waals surface area contributed by atoms with Crippen LogP contribution in [0.5, 0.6) is 5.75 Å². The number of ether oxygens (including phenoxy) is 1. The number of rotatable bonds is 5. The van der Waals surface area contributed by atoms with Gasteiger partial charge in [-0.05, 0) is 13.0 Å². The van der Waals surface area contributed by atoms with Crippen LogP contribution in [0.4, 0.5) is 5.69 Å². The fraction of sp³-hybridized carbons (Fsp3) is 0.273. The van der Waals surface area contributed by atoms with E-state index in [4.69, 9.17) is 4.74 Å². The highest BCUT2D eigenvalue weighted by atomic mass is 79.9. The lowest BCUT2D eigenvalue weighted by atomic mass is 10.1. The Kier molecular flexibility index (Phi) is 4.65. The van der Waals surface area contributed by atoms with Crippen LogP contribution < -0.4 is 4.74 Å². The Hall–Kier alpha value is -1.40. The van der Waals surface area contributed by atoms with Crippen LogP contribution >= 0.6 is 15.9 Å². The fourth-order valence-corrected chi connectivity index (χ4v) is 1.81. The van der Waals surface area contributed by atoms with Crippen molar-refractivity contribution in [3.05, 3.63) is 44.9 Å². The molecule has 0 bridgehead atoms. The number of aliphatic hydroxyl groups excluding tert-OH is 1. The van der Waals surface area contributed by atoms with Gasteiger partial charge < -0.3 is 9.84 Å². The first-order valence-electron chi connectivity index (χ1n) is 4.87. The molecule has 0 fully saturated rings. The summed E-state index contributed by atoms with van der Waals surface area (Å²) >= 11 is 3.16. The van der Waals surface area contributed by atoms with Crippen LogP contribution in [-0.4, -0.2) is 16.6 Å². The summed E-state index contributed by atoms with van der Waals surface area (Å²) in [6.07, 6.45) is 0.628. The molecule has 0 aromatic heterocycles. The number of nitro benzene ring substituents is 1. The third-order valence-corrected chi connectivity index (χ3v) is 2.51. The van der Waals surface area contributed by atoms with Crippen LogP contribution in [0.3, 0.4) is 0 Å². The van der Waals surface area contributed by atoms with Gasteiger partial charge in [-0.1, -0.05) is 28.6 Å². The Labute approximate surface area is 107 Å². The first-order valence-corrected chi connectivity index (χ1v) is 5.66. The zero-order valence-electron chi connectivity index (χ0n) is 9.22. The molecule has 0 aliphatic rings. The van der Waals surface area contributed by atoms with Gasteiger partial charge in [0.1, 0.15) is 6.61 Å². The second-order valence-corrected chi connectivity index (χ2v) is 4.29. The molecule has 0 aliphatic carbocycles. The molecule has 0 heterocycles. The van der Waals surface area contributed by atoms with Crippen molar-refractivity contribution < 1.29 is 14.8 Å². The van der Waals surface area contributed by atoms with E-state index in [1.165, 1.54) is 19.1 Å². The Morgan fingerprint density at radius 1 is 1.71 bits per heavy atom. The highest BCUT2D eigenvalue weighted by molar-refractivity contribution is 9.10. The molecule has 0 spiro atoms. The van der Waals surface area contributed by atoms with Crippen molar-refractivity contribution in [3.8, 4) is 5.75 Å². The molecule has 0 saturated carbocycles. The number of nitro groups is 1. The summed E-state index contributed by atoms with van der Waals surface area (Å²) in [6.45, 7) is 5.14. The standard InChI is InChI=1S/C11H12BrNO4/c1-3-4-17-11-9(7(2)14)5-8(12)6-10(11)13(15)16/h3,5-7,14H,1,4H2,2H3/t7-/m1/s1. The van der Waals surface area contributed by atoms with Crippen LogP contribution in [0.2, 0.25) is 0 Å². The van der Waals surface area contributed by atoms with Crippen LogP contribution in [-0.2, 0) is 0 Å². The topological polar surface area (TPSA) is 72.6 Å². The maximum Gasteiger partial charge on any atom is 0.312 e. The molecule has 17 heavy (non-hydrogen) atoms. The molecule has 5 nitrogen and oxygen atoms in total.